The molecule has 1 aliphatic rings. The number of aryl methyl sites for hydroxylation is 1. The third kappa shape index (κ3) is 4.39. The van der Waals surface area contributed by atoms with Crippen LogP contribution in [0.3, 0.4) is 0 Å². The van der Waals surface area contributed by atoms with Crippen molar-refractivity contribution in [3.8, 4) is 0 Å². The Labute approximate surface area is 152 Å². The number of hydrogen-bond acceptors (Lipinski definition) is 5. The lowest BCUT2D eigenvalue weighted by Crippen LogP contribution is -2.35. The van der Waals surface area contributed by atoms with Crippen LogP contribution < -0.4 is 10.9 Å². The van der Waals surface area contributed by atoms with Gasteiger partial charge in [0.05, 0.1) is 18.0 Å². The maximum Gasteiger partial charge on any atom is 0.287 e. The summed E-state index contributed by atoms with van der Waals surface area (Å²) >= 11 is 6.11. The predicted molar refractivity (Wildman–Crippen MR) is 98.8 cm³/mol. The van der Waals surface area contributed by atoms with Gasteiger partial charge in [-0.1, -0.05) is 35.9 Å². The van der Waals surface area contributed by atoms with Crippen LogP contribution >= 0.6 is 11.6 Å². The molecule has 1 saturated heterocycles. The van der Waals surface area contributed by atoms with Crippen molar-refractivity contribution in [2.24, 2.45) is 7.05 Å². The van der Waals surface area contributed by atoms with Gasteiger partial charge in [-0.25, -0.2) is 4.68 Å². The molecule has 0 radical (unpaired) electrons. The molecule has 3 rings (SSSR count). The molecule has 134 valence electrons. The molecule has 1 aliphatic heterocycles. The largest absolute Gasteiger partial charge is 0.393 e. The van der Waals surface area contributed by atoms with Crippen molar-refractivity contribution in [1.82, 2.24) is 14.7 Å². The Hall–Kier alpha value is -1.89. The molecular weight excluding hydrogens is 340 g/mol. The van der Waals surface area contributed by atoms with E-state index in [9.17, 15) is 9.90 Å². The number of benzene rings is 1. The molecule has 2 heterocycles. The van der Waals surface area contributed by atoms with Gasteiger partial charge >= 0.3 is 0 Å². The molecule has 7 heteroatoms. The number of hydrogen-bond donors (Lipinski definition) is 2. The zero-order chi connectivity index (χ0) is 17.8. The predicted octanol–water partition coefficient (Wildman–Crippen LogP) is 2.00. The Kier molecular flexibility index (Phi) is 5.73. The van der Waals surface area contributed by atoms with Crippen LogP contribution in [0.4, 0.5) is 5.69 Å². The Morgan fingerprint density at radius 2 is 1.96 bits per heavy atom. The van der Waals surface area contributed by atoms with E-state index in [-0.39, 0.29) is 16.7 Å². The summed E-state index contributed by atoms with van der Waals surface area (Å²) in [6.45, 7) is 3.25. The first-order valence-electron chi connectivity index (χ1n) is 8.47. The summed E-state index contributed by atoms with van der Waals surface area (Å²) in [4.78, 5) is 14.2. The van der Waals surface area contributed by atoms with E-state index in [4.69, 9.17) is 11.6 Å². The van der Waals surface area contributed by atoms with Crippen molar-refractivity contribution in [3.05, 3.63) is 57.0 Å². The first kappa shape index (κ1) is 17.9. The molecule has 0 aliphatic carbocycles. The third-order valence-electron chi connectivity index (χ3n) is 4.62. The maximum absolute atomic E-state index is 11.9. The van der Waals surface area contributed by atoms with Gasteiger partial charge in [0.2, 0.25) is 0 Å². The van der Waals surface area contributed by atoms with E-state index >= 15 is 0 Å². The standard InChI is InChI=1S/C18H23ClN4O2/c1-22-18(25)17(19)16(11-21-22)20-10-13-4-2-3-5-14(13)12-23-8-6-15(24)7-9-23/h2-5,11,15,20,24H,6-10,12H2,1H3. The Balaban J connectivity index is 1.69. The van der Waals surface area contributed by atoms with Crippen molar-refractivity contribution in [1.29, 1.82) is 0 Å². The van der Waals surface area contributed by atoms with Crippen molar-refractivity contribution in [2.45, 2.75) is 32.0 Å². The fraction of sp³-hybridized carbons (Fsp3) is 0.444. The Bertz CT molecular complexity index is 785. The van der Waals surface area contributed by atoms with Gasteiger partial charge in [0.15, 0.2) is 0 Å². The fourth-order valence-corrected chi connectivity index (χ4v) is 3.26. The normalized spacial score (nSPS) is 16.1. The first-order chi connectivity index (χ1) is 12.0. The minimum absolute atomic E-state index is 0.153. The summed E-state index contributed by atoms with van der Waals surface area (Å²) in [5.74, 6) is 0. The lowest BCUT2D eigenvalue weighted by atomic mass is 10.0. The summed E-state index contributed by atoms with van der Waals surface area (Å²) in [5.41, 5.74) is 2.62. The number of aliphatic hydroxyl groups excluding tert-OH is 1. The highest BCUT2D eigenvalue weighted by Crippen LogP contribution is 2.20. The molecule has 0 bridgehead atoms. The van der Waals surface area contributed by atoms with Crippen LogP contribution in [0.15, 0.2) is 35.3 Å². The van der Waals surface area contributed by atoms with Gasteiger partial charge in [0.1, 0.15) is 5.02 Å². The third-order valence-corrected chi connectivity index (χ3v) is 4.98. The molecule has 2 aromatic rings. The van der Waals surface area contributed by atoms with Crippen molar-refractivity contribution in [2.75, 3.05) is 18.4 Å². The highest BCUT2D eigenvalue weighted by atomic mass is 35.5. The summed E-state index contributed by atoms with van der Waals surface area (Å²) in [5, 5.41) is 17.0. The second-order valence-electron chi connectivity index (χ2n) is 6.43. The van der Waals surface area contributed by atoms with Gasteiger partial charge in [0.25, 0.3) is 5.56 Å². The number of likely N-dealkylation sites (tertiary alicyclic amines) is 1. The number of nitrogens with one attached hydrogen (secondary N) is 1. The lowest BCUT2D eigenvalue weighted by molar-refractivity contribution is 0.0791. The topological polar surface area (TPSA) is 70.4 Å². The molecule has 0 saturated carbocycles. The Morgan fingerprint density at radius 1 is 1.28 bits per heavy atom. The van der Waals surface area contributed by atoms with E-state index in [1.165, 1.54) is 10.2 Å². The van der Waals surface area contributed by atoms with Gasteiger partial charge in [-0.05, 0) is 24.0 Å². The molecule has 2 N–H and O–H groups in total. The van der Waals surface area contributed by atoms with E-state index in [2.05, 4.69) is 27.4 Å². The van der Waals surface area contributed by atoms with Crippen molar-refractivity contribution >= 4 is 17.3 Å². The highest BCUT2D eigenvalue weighted by molar-refractivity contribution is 6.32. The number of rotatable bonds is 5. The molecule has 25 heavy (non-hydrogen) atoms. The van der Waals surface area contributed by atoms with Gasteiger partial charge in [-0.3, -0.25) is 9.69 Å². The molecular formula is C18H23ClN4O2. The van der Waals surface area contributed by atoms with Crippen LogP contribution in [0.2, 0.25) is 5.02 Å². The average molecular weight is 363 g/mol. The summed E-state index contributed by atoms with van der Waals surface area (Å²) in [6.07, 6.45) is 3.06. The SMILES string of the molecule is Cn1ncc(NCc2ccccc2CN2CCC(O)CC2)c(Cl)c1=O. The van der Waals surface area contributed by atoms with Gasteiger partial charge in [-0.15, -0.1) is 0 Å². The van der Waals surface area contributed by atoms with Crippen molar-refractivity contribution in [3.63, 3.8) is 0 Å². The number of aromatic nitrogens is 2. The van der Waals surface area contributed by atoms with E-state index < -0.39 is 0 Å². The van der Waals surface area contributed by atoms with Crippen LogP contribution in [0.1, 0.15) is 24.0 Å². The number of piperidine rings is 1. The fourth-order valence-electron chi connectivity index (χ4n) is 3.03. The van der Waals surface area contributed by atoms with E-state index in [1.807, 2.05) is 12.1 Å². The average Bonchev–Trinajstić information content (AvgIpc) is 2.62. The van der Waals surface area contributed by atoms with Crippen molar-refractivity contribution < 1.29 is 5.11 Å². The van der Waals surface area contributed by atoms with E-state index in [0.29, 0.717) is 12.2 Å². The Morgan fingerprint density at radius 3 is 2.68 bits per heavy atom. The van der Waals surface area contributed by atoms with Crippen LogP contribution in [0, 0.1) is 0 Å². The molecule has 0 spiro atoms. The number of aliphatic hydroxyl groups is 1. The molecule has 1 fully saturated rings. The second-order valence-corrected chi connectivity index (χ2v) is 6.81. The van der Waals surface area contributed by atoms with Gasteiger partial charge < -0.3 is 10.4 Å². The monoisotopic (exact) mass is 362 g/mol. The number of anilines is 1. The van der Waals surface area contributed by atoms with Crippen LogP contribution in [0.25, 0.3) is 0 Å². The van der Waals surface area contributed by atoms with Crippen LogP contribution in [-0.4, -0.2) is 39.0 Å². The van der Waals surface area contributed by atoms with E-state index in [1.54, 1.807) is 13.2 Å². The number of nitrogens with zero attached hydrogens (tertiary/aromatic N) is 3. The van der Waals surface area contributed by atoms with Gasteiger partial charge in [0, 0.05) is 33.2 Å². The molecule has 1 aromatic carbocycles. The minimum Gasteiger partial charge on any atom is -0.393 e. The zero-order valence-electron chi connectivity index (χ0n) is 14.3. The van der Waals surface area contributed by atoms with Gasteiger partial charge in [-0.2, -0.15) is 5.10 Å². The quantitative estimate of drug-likeness (QED) is 0.851. The molecule has 0 unspecified atom stereocenters. The maximum atomic E-state index is 11.9. The molecule has 0 amide bonds. The smallest absolute Gasteiger partial charge is 0.287 e. The molecule has 0 atom stereocenters. The van der Waals surface area contributed by atoms with Crippen LogP contribution in [0.5, 0.6) is 0 Å². The highest BCUT2D eigenvalue weighted by Gasteiger charge is 2.18. The minimum atomic E-state index is -0.313. The molecule has 1 aromatic heterocycles. The second kappa shape index (κ2) is 7.99. The summed E-state index contributed by atoms with van der Waals surface area (Å²) in [7, 11) is 1.57. The first-order valence-corrected chi connectivity index (χ1v) is 8.85. The number of halogens is 1. The summed E-state index contributed by atoms with van der Waals surface area (Å²) < 4.78 is 1.21. The lowest BCUT2D eigenvalue weighted by Gasteiger charge is -2.30. The summed E-state index contributed by atoms with van der Waals surface area (Å²) in [6, 6.07) is 8.23. The molecule has 6 nitrogen and oxygen atoms in total. The van der Waals surface area contributed by atoms with Crippen LogP contribution in [-0.2, 0) is 20.1 Å². The zero-order valence-corrected chi connectivity index (χ0v) is 15.0. The van der Waals surface area contributed by atoms with E-state index in [0.717, 1.165) is 38.0 Å².